The summed E-state index contributed by atoms with van der Waals surface area (Å²) >= 11 is 25.8. The molecule has 0 radical (unpaired) electrons. The topological polar surface area (TPSA) is 49.6 Å². The third-order valence-electron chi connectivity index (χ3n) is 3.97. The number of para-hydroxylation sites is 1. The molecule has 0 aliphatic heterocycles. The van der Waals surface area contributed by atoms with Crippen LogP contribution in [0, 0.1) is 0 Å². The number of azo groups is 1. The molecule has 9 heteroatoms. The predicted octanol–water partition coefficient (Wildman–Crippen LogP) is 9.58. The second-order valence-corrected chi connectivity index (χ2v) is 8.75. The van der Waals surface area contributed by atoms with Gasteiger partial charge in [-0.05, 0) is 36.4 Å². The fourth-order valence-electron chi connectivity index (χ4n) is 2.60. The quantitative estimate of drug-likeness (QED) is 0.281. The van der Waals surface area contributed by atoms with Crippen molar-refractivity contribution in [3.63, 3.8) is 0 Å². The van der Waals surface area contributed by atoms with Gasteiger partial charge in [-0.2, -0.15) is 0 Å². The van der Waals surface area contributed by atoms with Crippen molar-refractivity contribution in [3.05, 3.63) is 86.8 Å². The molecule has 0 amide bonds. The van der Waals surface area contributed by atoms with E-state index in [1.54, 1.807) is 24.3 Å². The van der Waals surface area contributed by atoms with Gasteiger partial charge in [-0.25, -0.2) is 4.98 Å². The van der Waals surface area contributed by atoms with Crippen LogP contribution in [0.25, 0.3) is 11.3 Å². The van der Waals surface area contributed by atoms with Crippen LogP contribution in [0.4, 0.5) is 21.5 Å². The van der Waals surface area contributed by atoms with E-state index < -0.39 is 0 Å². The zero-order valence-corrected chi connectivity index (χ0v) is 19.0. The highest BCUT2D eigenvalue weighted by Gasteiger charge is 2.15. The van der Waals surface area contributed by atoms with Crippen molar-refractivity contribution >= 4 is 79.2 Å². The van der Waals surface area contributed by atoms with Gasteiger partial charge < -0.3 is 5.32 Å². The van der Waals surface area contributed by atoms with Crippen molar-refractivity contribution in [2.45, 2.75) is 0 Å². The number of anilines is 2. The molecule has 1 aromatic heterocycles. The van der Waals surface area contributed by atoms with E-state index in [9.17, 15) is 0 Å². The number of benzene rings is 3. The van der Waals surface area contributed by atoms with Gasteiger partial charge in [0.25, 0.3) is 0 Å². The van der Waals surface area contributed by atoms with Crippen LogP contribution in [-0.2, 0) is 0 Å². The van der Waals surface area contributed by atoms with Gasteiger partial charge in [-0.15, -0.1) is 10.2 Å². The van der Waals surface area contributed by atoms with E-state index in [4.69, 9.17) is 51.4 Å². The Bertz CT molecular complexity index is 1180. The molecule has 3 aromatic carbocycles. The average Bonchev–Trinajstić information content (AvgIpc) is 3.11. The highest BCUT2D eigenvalue weighted by atomic mass is 35.5. The van der Waals surface area contributed by atoms with Crippen LogP contribution in [0.3, 0.4) is 0 Å². The second-order valence-electron chi connectivity index (χ2n) is 6.09. The zero-order valence-electron chi connectivity index (χ0n) is 15.1. The van der Waals surface area contributed by atoms with E-state index in [0.717, 1.165) is 11.3 Å². The number of hydrogen-bond donors (Lipinski definition) is 1. The largest absolute Gasteiger partial charge is 0.331 e. The van der Waals surface area contributed by atoms with Crippen molar-refractivity contribution < 1.29 is 0 Å². The zero-order chi connectivity index (χ0) is 21.1. The van der Waals surface area contributed by atoms with Crippen LogP contribution in [0.1, 0.15) is 0 Å². The van der Waals surface area contributed by atoms with Gasteiger partial charge in [0.05, 0.1) is 10.0 Å². The summed E-state index contributed by atoms with van der Waals surface area (Å²) in [5.74, 6) is 0. The predicted molar refractivity (Wildman–Crippen MR) is 128 cm³/mol. The van der Waals surface area contributed by atoms with Gasteiger partial charge in [0.2, 0.25) is 0 Å². The Morgan fingerprint density at radius 1 is 0.767 bits per heavy atom. The van der Waals surface area contributed by atoms with Crippen molar-refractivity contribution in [2.24, 2.45) is 10.2 Å². The summed E-state index contributed by atoms with van der Waals surface area (Å²) in [5.41, 5.74) is 2.79. The number of nitrogens with zero attached hydrogens (tertiary/aromatic N) is 3. The summed E-state index contributed by atoms with van der Waals surface area (Å²) in [6.45, 7) is 0. The second kappa shape index (κ2) is 9.33. The summed E-state index contributed by atoms with van der Waals surface area (Å²) in [4.78, 5) is 4.70. The van der Waals surface area contributed by atoms with Gasteiger partial charge in [0.1, 0.15) is 11.4 Å². The number of rotatable bonds is 5. The molecule has 0 spiro atoms. The fraction of sp³-hybridized carbons (Fsp3) is 0. The average molecular weight is 494 g/mol. The van der Waals surface area contributed by atoms with E-state index in [-0.39, 0.29) is 0 Å². The Labute approximate surface area is 197 Å². The minimum atomic E-state index is 0.316. The van der Waals surface area contributed by atoms with E-state index in [0.29, 0.717) is 41.6 Å². The lowest BCUT2D eigenvalue weighted by Gasteiger charge is -2.01. The maximum atomic E-state index is 6.23. The molecule has 0 bridgehead atoms. The van der Waals surface area contributed by atoms with Crippen LogP contribution in [-0.4, -0.2) is 4.98 Å². The van der Waals surface area contributed by atoms with E-state index in [2.05, 4.69) is 15.5 Å². The molecule has 0 aliphatic carbocycles. The Morgan fingerprint density at radius 3 is 2.10 bits per heavy atom. The van der Waals surface area contributed by atoms with Gasteiger partial charge in [0.15, 0.2) is 10.1 Å². The van der Waals surface area contributed by atoms with Gasteiger partial charge >= 0.3 is 0 Å². The summed E-state index contributed by atoms with van der Waals surface area (Å²) < 4.78 is 0. The molecule has 1 heterocycles. The van der Waals surface area contributed by atoms with E-state index in [1.807, 2.05) is 42.5 Å². The Morgan fingerprint density at radius 2 is 1.43 bits per heavy atom. The molecule has 4 nitrogen and oxygen atoms in total. The lowest BCUT2D eigenvalue weighted by atomic mass is 10.2. The maximum absolute atomic E-state index is 6.23. The Balaban J connectivity index is 1.74. The van der Waals surface area contributed by atoms with Crippen molar-refractivity contribution in [2.75, 3.05) is 5.32 Å². The first-order valence-electron chi connectivity index (χ1n) is 8.65. The molecule has 4 rings (SSSR count). The van der Waals surface area contributed by atoms with Crippen molar-refractivity contribution in [1.82, 2.24) is 4.98 Å². The van der Waals surface area contributed by atoms with Crippen LogP contribution in [0.15, 0.2) is 77.0 Å². The van der Waals surface area contributed by atoms with Gasteiger partial charge in [-0.3, -0.25) is 0 Å². The number of hydrogen-bond acceptors (Lipinski definition) is 5. The Hall–Kier alpha value is -2.15. The molecule has 0 unspecified atom stereocenters. The fourth-order valence-corrected chi connectivity index (χ4v) is 4.45. The summed E-state index contributed by atoms with van der Waals surface area (Å²) in [6, 6.07) is 20.2. The first kappa shape index (κ1) is 21.1. The van der Waals surface area contributed by atoms with Crippen LogP contribution in [0.5, 0.6) is 0 Å². The smallest absolute Gasteiger partial charge is 0.189 e. The summed E-state index contributed by atoms with van der Waals surface area (Å²) in [6.07, 6.45) is 0. The molecule has 0 atom stereocenters. The molecule has 1 N–H and O–H groups in total. The first-order valence-corrected chi connectivity index (χ1v) is 11.0. The third kappa shape index (κ3) is 4.94. The maximum Gasteiger partial charge on any atom is 0.189 e. The number of halogens is 4. The normalized spacial score (nSPS) is 11.2. The van der Waals surface area contributed by atoms with Crippen molar-refractivity contribution in [3.8, 4) is 11.3 Å². The molecule has 30 heavy (non-hydrogen) atoms. The number of aromatic nitrogens is 1. The van der Waals surface area contributed by atoms with Crippen LogP contribution < -0.4 is 5.32 Å². The van der Waals surface area contributed by atoms with E-state index >= 15 is 0 Å². The Kier molecular flexibility index (Phi) is 6.56. The monoisotopic (exact) mass is 492 g/mol. The van der Waals surface area contributed by atoms with Crippen LogP contribution >= 0.6 is 57.7 Å². The molecule has 4 aromatic rings. The SMILES string of the molecule is Clc1ccc(-c2nc(Nc3ccccc3)sc2N=Nc2c(Cl)cc(Cl)cc2Cl)cc1. The molecule has 0 saturated heterocycles. The van der Waals surface area contributed by atoms with Crippen molar-refractivity contribution in [1.29, 1.82) is 0 Å². The lowest BCUT2D eigenvalue weighted by Crippen LogP contribution is -1.88. The van der Waals surface area contributed by atoms with Gasteiger partial charge in [0, 0.05) is 21.3 Å². The molecular weight excluding hydrogens is 482 g/mol. The van der Waals surface area contributed by atoms with Gasteiger partial charge in [-0.1, -0.05) is 88.1 Å². The minimum Gasteiger partial charge on any atom is -0.331 e. The highest BCUT2D eigenvalue weighted by Crippen LogP contribution is 2.42. The summed E-state index contributed by atoms with van der Waals surface area (Å²) in [5, 5.41) is 14.9. The standard InChI is InChI=1S/C21H12Cl4N4S/c22-13-8-6-12(7-9-13)18-20(29-28-19-16(24)10-14(23)11-17(19)25)30-21(27-18)26-15-4-2-1-3-5-15/h1-11H,(H,26,27). The van der Waals surface area contributed by atoms with E-state index in [1.165, 1.54) is 11.3 Å². The molecular formula is C21H12Cl4N4S. The third-order valence-corrected chi connectivity index (χ3v) is 5.88. The minimum absolute atomic E-state index is 0.316. The highest BCUT2D eigenvalue weighted by molar-refractivity contribution is 7.19. The first-order chi connectivity index (χ1) is 14.5. The lowest BCUT2D eigenvalue weighted by molar-refractivity contribution is 1.24. The molecule has 150 valence electrons. The number of nitrogens with one attached hydrogen (secondary N) is 1. The number of thiazole rings is 1. The van der Waals surface area contributed by atoms with Crippen LogP contribution in [0.2, 0.25) is 20.1 Å². The summed E-state index contributed by atoms with van der Waals surface area (Å²) in [7, 11) is 0. The molecule has 0 aliphatic rings. The molecule has 0 fully saturated rings. The molecule has 0 saturated carbocycles.